The number of aliphatic hydroxyl groups is 1. The van der Waals surface area contributed by atoms with Crippen molar-refractivity contribution in [2.24, 2.45) is 0 Å². The van der Waals surface area contributed by atoms with E-state index in [9.17, 15) is 33.1 Å². The molecule has 0 spiro atoms. The van der Waals surface area contributed by atoms with Crippen molar-refractivity contribution in [1.29, 1.82) is 0 Å². The Bertz CT molecular complexity index is 2930. The van der Waals surface area contributed by atoms with Gasteiger partial charge in [-0.1, -0.05) is 10.3 Å². The topological polar surface area (TPSA) is 192 Å². The Morgan fingerprint density at radius 2 is 1.13 bits per heavy atom. The zero-order valence-electron chi connectivity index (χ0n) is 39.5. The van der Waals surface area contributed by atoms with Crippen molar-refractivity contribution in [3.8, 4) is 0 Å². The fraction of sp³-hybridized carbons (Fsp3) is 0.520. The summed E-state index contributed by atoms with van der Waals surface area (Å²) < 4.78 is 46.2. The summed E-state index contributed by atoms with van der Waals surface area (Å²) in [6.45, 7) is 12.8. The second-order valence-electron chi connectivity index (χ2n) is 18.5. The number of aliphatic hydroxyl groups excluding tert-OH is 1. The molecule has 10 rings (SSSR count). The van der Waals surface area contributed by atoms with Gasteiger partial charge in [-0.25, -0.2) is 18.7 Å². The van der Waals surface area contributed by atoms with Gasteiger partial charge in [0.05, 0.1) is 11.4 Å². The van der Waals surface area contributed by atoms with Gasteiger partial charge >= 0.3 is 5.97 Å². The molecule has 0 radical (unpaired) electrons. The number of nitrogens with zero attached hydrogens (tertiary/aromatic N) is 8. The summed E-state index contributed by atoms with van der Waals surface area (Å²) in [5, 5.41) is 20.0. The SMILES string of the molecule is CC(=O)Cl.CC(=O)OC1CCCn2c1nc(C)c(CCN1CCC(c3noc4cc(F)ccc34)CC1)c2=O.Cc1nc2n(c(=O)c1CCN1CCC(c3noc4cc(F)ccc34)CC1)CCCC2O. The van der Waals surface area contributed by atoms with Crippen LogP contribution in [0.3, 0.4) is 0 Å². The summed E-state index contributed by atoms with van der Waals surface area (Å²) in [7, 11) is 0. The number of esters is 1. The molecular weight excluding hydrogens is 914 g/mol. The lowest BCUT2D eigenvalue weighted by Gasteiger charge is -2.31. The van der Waals surface area contributed by atoms with Crippen LogP contribution in [0.5, 0.6) is 0 Å². The first kappa shape index (κ1) is 49.7. The lowest BCUT2D eigenvalue weighted by atomic mass is 9.91. The first-order chi connectivity index (χ1) is 33.1. The molecule has 8 heterocycles. The van der Waals surface area contributed by atoms with Gasteiger partial charge in [0, 0.05) is 97.3 Å². The van der Waals surface area contributed by atoms with Crippen molar-refractivity contribution in [2.45, 2.75) is 129 Å². The molecule has 2 saturated heterocycles. The lowest BCUT2D eigenvalue weighted by molar-refractivity contribution is -0.148. The predicted molar refractivity (Wildman–Crippen MR) is 253 cm³/mol. The minimum atomic E-state index is -0.641. The van der Waals surface area contributed by atoms with Crippen LogP contribution in [0.25, 0.3) is 21.9 Å². The summed E-state index contributed by atoms with van der Waals surface area (Å²) >= 11 is 4.64. The fourth-order valence-electron chi connectivity index (χ4n) is 10.2. The molecule has 19 heteroatoms. The molecule has 2 unspecified atom stereocenters. The molecule has 1 N–H and O–H groups in total. The predicted octanol–water partition coefficient (Wildman–Crippen LogP) is 7.51. The van der Waals surface area contributed by atoms with E-state index in [1.807, 2.05) is 13.8 Å². The molecule has 0 aliphatic carbocycles. The largest absolute Gasteiger partial charge is 0.454 e. The number of hydrogen-bond donors (Lipinski definition) is 1. The van der Waals surface area contributed by atoms with Crippen LogP contribution in [0, 0.1) is 25.5 Å². The summed E-state index contributed by atoms with van der Waals surface area (Å²) in [6.07, 6.45) is 6.90. The zero-order chi connectivity index (χ0) is 48.9. The second-order valence-corrected chi connectivity index (χ2v) is 19.0. The Morgan fingerprint density at radius 3 is 1.59 bits per heavy atom. The minimum absolute atomic E-state index is 0.00237. The highest BCUT2D eigenvalue weighted by atomic mass is 35.5. The van der Waals surface area contributed by atoms with Crippen molar-refractivity contribution in [3.05, 3.63) is 114 Å². The Morgan fingerprint density at radius 1 is 0.696 bits per heavy atom. The molecule has 368 valence electrons. The van der Waals surface area contributed by atoms with Crippen LogP contribution < -0.4 is 11.1 Å². The average molecular weight is 974 g/mol. The molecule has 4 aliphatic heterocycles. The van der Waals surface area contributed by atoms with Crippen LogP contribution in [0.4, 0.5) is 8.78 Å². The fourth-order valence-corrected chi connectivity index (χ4v) is 10.2. The van der Waals surface area contributed by atoms with Gasteiger partial charge in [0.1, 0.15) is 23.6 Å². The second kappa shape index (κ2) is 21.9. The van der Waals surface area contributed by atoms with Gasteiger partial charge in [-0.05, 0) is 140 Å². The molecule has 4 aliphatic rings. The quantitative estimate of drug-likeness (QED) is 0.111. The minimum Gasteiger partial charge on any atom is -0.454 e. The summed E-state index contributed by atoms with van der Waals surface area (Å²) in [6, 6.07) is 9.15. The monoisotopic (exact) mass is 972 g/mol. The third kappa shape index (κ3) is 11.5. The third-order valence-corrected chi connectivity index (χ3v) is 13.8. The number of aromatic nitrogens is 6. The maximum atomic E-state index is 13.4. The Balaban J connectivity index is 0.000000173. The van der Waals surface area contributed by atoms with E-state index in [2.05, 4.69) is 41.7 Å². The number of likely N-dealkylation sites (tertiary alicyclic amines) is 2. The highest BCUT2D eigenvalue weighted by molar-refractivity contribution is 6.62. The van der Waals surface area contributed by atoms with Gasteiger partial charge in [0.25, 0.3) is 11.1 Å². The van der Waals surface area contributed by atoms with Gasteiger partial charge in [-0.3, -0.25) is 28.3 Å². The molecule has 2 atom stereocenters. The summed E-state index contributed by atoms with van der Waals surface area (Å²) in [5.41, 5.74) is 5.73. The Labute approximate surface area is 402 Å². The summed E-state index contributed by atoms with van der Waals surface area (Å²) in [4.78, 5) is 60.8. The van der Waals surface area contributed by atoms with Gasteiger partial charge in [0.2, 0.25) is 5.24 Å². The van der Waals surface area contributed by atoms with Crippen molar-refractivity contribution in [1.82, 2.24) is 39.2 Å². The number of fused-ring (bicyclic) bond motifs is 4. The molecule has 0 amide bonds. The number of benzene rings is 2. The molecule has 0 saturated carbocycles. The van der Waals surface area contributed by atoms with Crippen molar-refractivity contribution < 1.29 is 37.3 Å². The number of hydrogen-bond acceptors (Lipinski definition) is 14. The van der Waals surface area contributed by atoms with Crippen molar-refractivity contribution in [2.75, 3.05) is 39.3 Å². The molecule has 4 aromatic heterocycles. The van der Waals surface area contributed by atoms with E-state index in [0.29, 0.717) is 73.2 Å². The van der Waals surface area contributed by atoms with Gasteiger partial charge in [-0.15, -0.1) is 0 Å². The Hall–Kier alpha value is -5.69. The molecule has 6 aromatic rings. The smallest absolute Gasteiger partial charge is 0.303 e. The molecule has 16 nitrogen and oxygen atoms in total. The van der Waals surface area contributed by atoms with E-state index in [-0.39, 0.29) is 39.9 Å². The average Bonchev–Trinajstić information content (AvgIpc) is 3.94. The number of aryl methyl sites for hydroxylation is 2. The van der Waals surface area contributed by atoms with Crippen molar-refractivity contribution in [3.63, 3.8) is 0 Å². The van der Waals surface area contributed by atoms with Gasteiger partial charge in [-0.2, -0.15) is 0 Å². The molecule has 2 aromatic carbocycles. The number of piperidine rings is 2. The zero-order valence-corrected chi connectivity index (χ0v) is 40.3. The van der Waals surface area contributed by atoms with E-state index in [0.717, 1.165) is 117 Å². The van der Waals surface area contributed by atoms with E-state index < -0.39 is 12.2 Å². The third-order valence-electron chi connectivity index (χ3n) is 13.8. The highest BCUT2D eigenvalue weighted by Gasteiger charge is 2.30. The lowest BCUT2D eigenvalue weighted by Crippen LogP contribution is -2.38. The Kier molecular flexibility index (Phi) is 15.8. The number of carbonyl (C=O) groups is 2. The van der Waals surface area contributed by atoms with E-state index >= 15 is 0 Å². The van der Waals surface area contributed by atoms with Crippen LogP contribution in [-0.4, -0.2) is 94.8 Å². The van der Waals surface area contributed by atoms with Crippen LogP contribution >= 0.6 is 11.6 Å². The molecule has 0 bridgehead atoms. The molecular formula is C50H59ClF2N8O8. The van der Waals surface area contributed by atoms with Gasteiger partial charge < -0.3 is 28.7 Å². The number of halogens is 3. The van der Waals surface area contributed by atoms with E-state index in [1.54, 1.807) is 21.3 Å². The normalized spacial score (nSPS) is 19.0. The highest BCUT2D eigenvalue weighted by Crippen LogP contribution is 2.35. The summed E-state index contributed by atoms with van der Waals surface area (Å²) in [5.74, 6) is 0.647. The number of ether oxygens (including phenoxy) is 1. The van der Waals surface area contributed by atoms with Crippen LogP contribution in [0.1, 0.15) is 135 Å². The van der Waals surface area contributed by atoms with Crippen LogP contribution in [0.15, 0.2) is 55.0 Å². The number of carbonyl (C=O) groups excluding carboxylic acids is 2. The van der Waals surface area contributed by atoms with Crippen LogP contribution in [0.2, 0.25) is 0 Å². The van der Waals surface area contributed by atoms with Crippen LogP contribution in [-0.2, 0) is 40.3 Å². The standard InChI is InChI=1S/C25H29FN4O4.C23H27FN4O3.C2H3ClO/c1-15-19(25(32)30-10-3-4-21(24(30)27-15)33-16(2)31)9-13-29-11-7-17(8-12-29)23-20-6-5-18(26)14-22(20)34-28-23;1-14-17(23(30)28-9-2-3-19(29)22(28)25-14)8-12-27-10-6-15(7-11-27)21-18-5-4-16(24)13-20(18)31-26-21;1-2(3)4/h5-6,14,17,21H,3-4,7-13H2,1-2H3;4-5,13,15,19,29H,2-3,6-12H2,1H3;1H3. The van der Waals surface area contributed by atoms with E-state index in [4.69, 9.17) is 13.8 Å². The maximum Gasteiger partial charge on any atom is 0.303 e. The first-order valence-corrected chi connectivity index (χ1v) is 24.3. The number of rotatable bonds is 9. The molecule has 2 fully saturated rings. The van der Waals surface area contributed by atoms with E-state index in [1.165, 1.54) is 38.1 Å². The first-order valence-electron chi connectivity index (χ1n) is 23.9. The molecule has 69 heavy (non-hydrogen) atoms. The van der Waals surface area contributed by atoms with Gasteiger partial charge in [0.15, 0.2) is 23.1 Å². The maximum absolute atomic E-state index is 13.4. The van der Waals surface area contributed by atoms with Crippen molar-refractivity contribution >= 4 is 44.8 Å².